The van der Waals surface area contributed by atoms with Gasteiger partial charge in [0.1, 0.15) is 18.1 Å². The van der Waals surface area contributed by atoms with Crippen LogP contribution in [0.15, 0.2) is 27.4 Å². The number of rotatable bonds is 9. The monoisotopic (exact) mass is 408 g/mol. The lowest BCUT2D eigenvalue weighted by atomic mass is 9.91. The molecule has 0 aliphatic rings. The lowest BCUT2D eigenvalue weighted by molar-refractivity contribution is -0.143. The van der Waals surface area contributed by atoms with E-state index in [1.807, 2.05) is 0 Å². The van der Waals surface area contributed by atoms with Crippen LogP contribution in [-0.4, -0.2) is 44.1 Å². The molecule has 0 aliphatic heterocycles. The number of esters is 1. The van der Waals surface area contributed by atoms with Gasteiger partial charge >= 0.3 is 5.97 Å². The number of ether oxygens (including phenoxy) is 4. The molecule has 0 saturated heterocycles. The molecule has 0 spiro atoms. The highest BCUT2D eigenvalue weighted by Crippen LogP contribution is 2.43. The summed E-state index contributed by atoms with van der Waals surface area (Å²) in [6.07, 6.45) is -0.259. The Morgan fingerprint density at radius 3 is 2.24 bits per heavy atom. The van der Waals surface area contributed by atoms with Gasteiger partial charge in [-0.15, -0.1) is 0 Å². The number of hydrogen-bond donors (Lipinski definition) is 2. The summed E-state index contributed by atoms with van der Waals surface area (Å²) in [7, 11) is 4.33. The molecule has 1 aromatic carbocycles. The molecule has 0 unspecified atom stereocenters. The Morgan fingerprint density at radius 1 is 1.07 bits per heavy atom. The van der Waals surface area contributed by atoms with Gasteiger partial charge in [-0.25, -0.2) is 0 Å². The molecular weight excluding hydrogens is 384 g/mol. The van der Waals surface area contributed by atoms with Crippen molar-refractivity contribution in [3.63, 3.8) is 0 Å². The van der Waals surface area contributed by atoms with Crippen LogP contribution in [0.5, 0.6) is 23.0 Å². The predicted octanol–water partition coefficient (Wildman–Crippen LogP) is 1.95. The maximum atomic E-state index is 12.3. The Morgan fingerprint density at radius 2 is 1.69 bits per heavy atom. The minimum absolute atomic E-state index is 0.0592. The number of aromatic hydroxyl groups is 1. The number of aliphatic hydroxyl groups excluding tert-OH is 1. The number of benzene rings is 1. The van der Waals surface area contributed by atoms with Crippen molar-refractivity contribution in [1.82, 2.24) is 0 Å². The quantitative estimate of drug-likeness (QED) is 0.599. The van der Waals surface area contributed by atoms with Crippen LogP contribution in [0.3, 0.4) is 0 Å². The Bertz CT molecular complexity index is 917. The topological polar surface area (TPSA) is 125 Å². The molecule has 2 N–H and O–H groups in total. The summed E-state index contributed by atoms with van der Waals surface area (Å²) in [4.78, 5) is 24.4. The third-order valence-electron chi connectivity index (χ3n) is 4.26. The molecule has 1 aromatic heterocycles. The lowest BCUT2D eigenvalue weighted by Gasteiger charge is -2.21. The van der Waals surface area contributed by atoms with Crippen molar-refractivity contribution in [3.8, 4) is 23.0 Å². The molecule has 1 atom stereocenters. The van der Waals surface area contributed by atoms with Gasteiger partial charge in [0.25, 0.3) is 0 Å². The van der Waals surface area contributed by atoms with Crippen molar-refractivity contribution in [3.05, 3.63) is 45.5 Å². The first kappa shape index (κ1) is 22.1. The summed E-state index contributed by atoms with van der Waals surface area (Å²) in [5.74, 6) is -1.41. The van der Waals surface area contributed by atoms with Crippen LogP contribution >= 0.6 is 0 Å². The van der Waals surface area contributed by atoms with E-state index in [-0.39, 0.29) is 24.5 Å². The van der Waals surface area contributed by atoms with Gasteiger partial charge in [-0.3, -0.25) is 9.59 Å². The van der Waals surface area contributed by atoms with Crippen LogP contribution in [0, 0.1) is 0 Å². The highest BCUT2D eigenvalue weighted by molar-refractivity contribution is 5.72. The number of aliphatic hydroxyl groups is 1. The van der Waals surface area contributed by atoms with Gasteiger partial charge in [-0.05, 0) is 13.0 Å². The Labute approximate surface area is 167 Å². The lowest BCUT2D eigenvalue weighted by Crippen LogP contribution is -2.16. The van der Waals surface area contributed by atoms with E-state index >= 15 is 0 Å². The molecule has 2 rings (SSSR count). The zero-order valence-electron chi connectivity index (χ0n) is 16.7. The molecule has 158 valence electrons. The average molecular weight is 408 g/mol. The van der Waals surface area contributed by atoms with Gasteiger partial charge in [0, 0.05) is 17.7 Å². The van der Waals surface area contributed by atoms with Crippen LogP contribution in [0.4, 0.5) is 0 Å². The number of carbonyl (C=O) groups is 1. The van der Waals surface area contributed by atoms with Crippen LogP contribution in [0.2, 0.25) is 0 Å². The summed E-state index contributed by atoms with van der Waals surface area (Å²) in [5.41, 5.74) is -0.352. The maximum absolute atomic E-state index is 12.3. The third kappa shape index (κ3) is 4.80. The molecule has 0 bridgehead atoms. The molecule has 0 saturated carbocycles. The molecule has 0 aliphatic carbocycles. The summed E-state index contributed by atoms with van der Waals surface area (Å²) in [6, 6.07) is 4.09. The van der Waals surface area contributed by atoms with Crippen molar-refractivity contribution in [2.75, 3.05) is 27.9 Å². The van der Waals surface area contributed by atoms with E-state index in [0.29, 0.717) is 22.8 Å². The molecule has 0 fully saturated rings. The molecule has 2 aromatic rings. The number of methoxy groups -OCH3 is 3. The fraction of sp³-hybridized carbons (Fsp3) is 0.400. The fourth-order valence-corrected chi connectivity index (χ4v) is 2.92. The minimum atomic E-state index is -0.956. The molecular formula is C20H24O9. The molecule has 0 amide bonds. The van der Waals surface area contributed by atoms with E-state index in [4.69, 9.17) is 23.4 Å². The maximum Gasteiger partial charge on any atom is 0.306 e. The fourth-order valence-electron chi connectivity index (χ4n) is 2.92. The highest BCUT2D eigenvalue weighted by Gasteiger charge is 2.30. The van der Waals surface area contributed by atoms with E-state index in [1.54, 1.807) is 19.1 Å². The minimum Gasteiger partial charge on any atom is -0.502 e. The zero-order chi connectivity index (χ0) is 21.6. The van der Waals surface area contributed by atoms with Gasteiger partial charge in [0.05, 0.1) is 40.3 Å². The van der Waals surface area contributed by atoms with Crippen molar-refractivity contribution >= 4 is 5.97 Å². The first-order chi connectivity index (χ1) is 13.9. The molecule has 0 radical (unpaired) electrons. The predicted molar refractivity (Wildman–Crippen MR) is 102 cm³/mol. The Hall–Kier alpha value is -3.20. The van der Waals surface area contributed by atoms with Crippen molar-refractivity contribution in [1.29, 1.82) is 0 Å². The highest BCUT2D eigenvalue weighted by atomic mass is 16.5. The average Bonchev–Trinajstić information content (AvgIpc) is 2.73. The van der Waals surface area contributed by atoms with Gasteiger partial charge in [-0.1, -0.05) is 0 Å². The second kappa shape index (κ2) is 9.83. The molecule has 29 heavy (non-hydrogen) atoms. The normalized spacial score (nSPS) is 11.6. The van der Waals surface area contributed by atoms with Crippen molar-refractivity contribution in [2.45, 2.75) is 25.9 Å². The molecule has 9 heteroatoms. The van der Waals surface area contributed by atoms with E-state index in [9.17, 15) is 19.8 Å². The first-order valence-corrected chi connectivity index (χ1v) is 8.82. The number of carbonyl (C=O) groups excluding carboxylic acids is 1. The SMILES string of the molecule is CCOC(=O)C[C@@H](c1cc(OC)c(OC)cc1OC)c1oc(CO)cc(=O)c1O. The summed E-state index contributed by atoms with van der Waals surface area (Å²) in [6.45, 7) is 1.26. The number of hydrogen-bond acceptors (Lipinski definition) is 9. The Balaban J connectivity index is 2.75. The van der Waals surface area contributed by atoms with Gasteiger partial charge in [0.15, 0.2) is 17.3 Å². The van der Waals surface area contributed by atoms with Crippen LogP contribution in [0.1, 0.15) is 36.3 Å². The standard InChI is InChI=1S/C20H24O9/c1-5-28-18(23)8-13(20-19(24)14(22)6-11(10-21)29-20)12-7-16(26-3)17(27-4)9-15(12)25-2/h6-7,9,13,21,24H,5,8,10H2,1-4H3/t13-/m0/s1. The third-order valence-corrected chi connectivity index (χ3v) is 4.26. The molecule has 1 heterocycles. The first-order valence-electron chi connectivity index (χ1n) is 8.82. The van der Waals surface area contributed by atoms with E-state index in [2.05, 4.69) is 0 Å². The van der Waals surface area contributed by atoms with Crippen LogP contribution in [0.25, 0.3) is 0 Å². The van der Waals surface area contributed by atoms with Crippen molar-refractivity contribution < 1.29 is 38.4 Å². The van der Waals surface area contributed by atoms with Gasteiger partial charge < -0.3 is 33.6 Å². The van der Waals surface area contributed by atoms with Gasteiger partial charge in [-0.2, -0.15) is 0 Å². The van der Waals surface area contributed by atoms with E-state index in [0.717, 1.165) is 6.07 Å². The van der Waals surface area contributed by atoms with Crippen LogP contribution in [-0.2, 0) is 16.1 Å². The van der Waals surface area contributed by atoms with Gasteiger partial charge in [0.2, 0.25) is 11.2 Å². The summed E-state index contributed by atoms with van der Waals surface area (Å²) in [5, 5.41) is 19.7. The largest absolute Gasteiger partial charge is 0.502 e. The van der Waals surface area contributed by atoms with E-state index < -0.39 is 29.7 Å². The summed E-state index contributed by atoms with van der Waals surface area (Å²) < 4.78 is 26.6. The Kier molecular flexibility index (Phi) is 7.49. The zero-order valence-corrected chi connectivity index (χ0v) is 16.7. The second-order valence-electron chi connectivity index (χ2n) is 5.96. The van der Waals surface area contributed by atoms with Crippen LogP contribution < -0.4 is 19.6 Å². The van der Waals surface area contributed by atoms with E-state index in [1.165, 1.54) is 21.3 Å². The smallest absolute Gasteiger partial charge is 0.306 e. The van der Waals surface area contributed by atoms with Crippen molar-refractivity contribution in [2.24, 2.45) is 0 Å². The summed E-state index contributed by atoms with van der Waals surface area (Å²) >= 11 is 0. The molecule has 9 nitrogen and oxygen atoms in total. The second-order valence-corrected chi connectivity index (χ2v) is 5.96.